The van der Waals surface area contributed by atoms with E-state index >= 15 is 0 Å². The summed E-state index contributed by atoms with van der Waals surface area (Å²) in [5.74, 6) is 0.800. The Kier molecular flexibility index (Phi) is 3.92. The standard InChI is InChI=1S/C14H21FN4/c15-12-8-17-14(18-9-12)16-7-11-5-6-19(10-11)13-3-1-2-4-13/h8-9,11,13H,1-7,10H2,(H,16,17,18)/t11-/m1/s1. The minimum Gasteiger partial charge on any atom is -0.354 e. The van der Waals surface area contributed by atoms with Crippen LogP contribution in [-0.4, -0.2) is 40.5 Å². The molecule has 1 aromatic rings. The largest absolute Gasteiger partial charge is 0.354 e. The summed E-state index contributed by atoms with van der Waals surface area (Å²) in [5.41, 5.74) is 0. The first kappa shape index (κ1) is 12.8. The quantitative estimate of drug-likeness (QED) is 0.906. The molecule has 2 aliphatic rings. The van der Waals surface area contributed by atoms with Gasteiger partial charge in [-0.1, -0.05) is 12.8 Å². The summed E-state index contributed by atoms with van der Waals surface area (Å²) >= 11 is 0. The number of aromatic nitrogens is 2. The summed E-state index contributed by atoms with van der Waals surface area (Å²) in [7, 11) is 0. The van der Waals surface area contributed by atoms with E-state index in [4.69, 9.17) is 0 Å². The lowest BCUT2D eigenvalue weighted by Crippen LogP contribution is -2.31. The Morgan fingerprint density at radius 3 is 2.68 bits per heavy atom. The minimum atomic E-state index is -0.390. The molecule has 1 saturated carbocycles. The van der Waals surface area contributed by atoms with Crippen molar-refractivity contribution in [1.82, 2.24) is 14.9 Å². The van der Waals surface area contributed by atoms with Crippen LogP contribution in [0.15, 0.2) is 12.4 Å². The summed E-state index contributed by atoms with van der Waals surface area (Å²) in [6.07, 6.45) is 9.19. The number of nitrogens with one attached hydrogen (secondary N) is 1. The fourth-order valence-electron chi connectivity index (χ4n) is 3.27. The van der Waals surface area contributed by atoms with E-state index in [1.165, 1.54) is 57.6 Å². The van der Waals surface area contributed by atoms with Gasteiger partial charge in [-0.15, -0.1) is 0 Å². The molecule has 2 fully saturated rings. The van der Waals surface area contributed by atoms with E-state index in [0.717, 1.165) is 12.6 Å². The van der Waals surface area contributed by atoms with Crippen molar-refractivity contribution in [2.24, 2.45) is 5.92 Å². The van der Waals surface area contributed by atoms with Gasteiger partial charge in [-0.3, -0.25) is 0 Å². The zero-order valence-electron chi connectivity index (χ0n) is 11.2. The molecule has 1 N–H and O–H groups in total. The molecule has 2 heterocycles. The first-order chi connectivity index (χ1) is 9.31. The second-order valence-electron chi connectivity index (χ2n) is 5.69. The SMILES string of the molecule is Fc1cnc(NC[C@H]2CCN(C3CCCC3)C2)nc1. The maximum absolute atomic E-state index is 12.7. The summed E-state index contributed by atoms with van der Waals surface area (Å²) < 4.78 is 12.7. The van der Waals surface area contributed by atoms with Crippen molar-refractivity contribution in [3.63, 3.8) is 0 Å². The summed E-state index contributed by atoms with van der Waals surface area (Å²) in [6.45, 7) is 3.29. The van der Waals surface area contributed by atoms with Crippen molar-refractivity contribution >= 4 is 5.95 Å². The molecule has 5 heteroatoms. The highest BCUT2D eigenvalue weighted by atomic mass is 19.1. The lowest BCUT2D eigenvalue weighted by atomic mass is 10.1. The van der Waals surface area contributed by atoms with Crippen molar-refractivity contribution in [3.8, 4) is 0 Å². The van der Waals surface area contributed by atoms with Crippen molar-refractivity contribution in [2.75, 3.05) is 25.0 Å². The Morgan fingerprint density at radius 2 is 1.95 bits per heavy atom. The van der Waals surface area contributed by atoms with Crippen molar-refractivity contribution < 1.29 is 4.39 Å². The smallest absolute Gasteiger partial charge is 0.222 e. The summed E-state index contributed by atoms with van der Waals surface area (Å²) in [4.78, 5) is 10.5. The maximum atomic E-state index is 12.7. The molecule has 1 atom stereocenters. The van der Waals surface area contributed by atoms with E-state index in [1.807, 2.05) is 0 Å². The van der Waals surface area contributed by atoms with Crippen molar-refractivity contribution in [2.45, 2.75) is 38.1 Å². The molecule has 19 heavy (non-hydrogen) atoms. The van der Waals surface area contributed by atoms with Crippen LogP contribution in [0.3, 0.4) is 0 Å². The first-order valence-corrected chi connectivity index (χ1v) is 7.27. The van der Waals surface area contributed by atoms with E-state index in [0.29, 0.717) is 11.9 Å². The van der Waals surface area contributed by atoms with E-state index in [-0.39, 0.29) is 5.82 Å². The number of halogens is 1. The third-order valence-corrected chi connectivity index (χ3v) is 4.33. The lowest BCUT2D eigenvalue weighted by molar-refractivity contribution is 0.238. The summed E-state index contributed by atoms with van der Waals surface area (Å²) in [5, 5.41) is 3.21. The van der Waals surface area contributed by atoms with E-state index in [1.54, 1.807) is 0 Å². The average molecular weight is 264 g/mol. The van der Waals surface area contributed by atoms with Gasteiger partial charge in [-0.2, -0.15) is 0 Å². The van der Waals surface area contributed by atoms with Gasteiger partial charge in [0.2, 0.25) is 5.95 Å². The predicted octanol–water partition coefficient (Wildman–Crippen LogP) is 2.29. The monoisotopic (exact) mass is 264 g/mol. The third-order valence-electron chi connectivity index (χ3n) is 4.33. The number of likely N-dealkylation sites (tertiary alicyclic amines) is 1. The highest BCUT2D eigenvalue weighted by Crippen LogP contribution is 2.28. The zero-order chi connectivity index (χ0) is 13.1. The zero-order valence-corrected chi connectivity index (χ0v) is 11.2. The van der Waals surface area contributed by atoms with E-state index in [9.17, 15) is 4.39 Å². The van der Waals surface area contributed by atoms with Crippen LogP contribution in [0.25, 0.3) is 0 Å². The van der Waals surface area contributed by atoms with Crippen LogP contribution in [-0.2, 0) is 0 Å². The molecule has 0 bridgehead atoms. The minimum absolute atomic E-state index is 0.390. The molecule has 0 amide bonds. The van der Waals surface area contributed by atoms with E-state index < -0.39 is 0 Å². The van der Waals surface area contributed by atoms with Crippen LogP contribution < -0.4 is 5.32 Å². The number of hydrogen-bond acceptors (Lipinski definition) is 4. The molecule has 0 spiro atoms. The van der Waals surface area contributed by atoms with Gasteiger partial charge < -0.3 is 10.2 Å². The first-order valence-electron chi connectivity index (χ1n) is 7.27. The van der Waals surface area contributed by atoms with Gasteiger partial charge in [-0.05, 0) is 31.7 Å². The van der Waals surface area contributed by atoms with Crippen molar-refractivity contribution in [3.05, 3.63) is 18.2 Å². The van der Waals surface area contributed by atoms with E-state index in [2.05, 4.69) is 20.2 Å². The Morgan fingerprint density at radius 1 is 1.21 bits per heavy atom. The maximum Gasteiger partial charge on any atom is 0.222 e. The fourth-order valence-corrected chi connectivity index (χ4v) is 3.27. The summed E-state index contributed by atoms with van der Waals surface area (Å²) in [6, 6.07) is 0.826. The molecule has 1 aromatic heterocycles. The van der Waals surface area contributed by atoms with Gasteiger partial charge in [0.1, 0.15) is 0 Å². The van der Waals surface area contributed by atoms with Crippen LogP contribution in [0.5, 0.6) is 0 Å². The highest BCUT2D eigenvalue weighted by molar-refractivity contribution is 5.22. The average Bonchev–Trinajstić information content (AvgIpc) is 3.09. The normalized spacial score (nSPS) is 25.0. The van der Waals surface area contributed by atoms with Crippen LogP contribution in [0.4, 0.5) is 10.3 Å². The van der Waals surface area contributed by atoms with Gasteiger partial charge in [0, 0.05) is 19.1 Å². The molecule has 1 saturated heterocycles. The highest BCUT2D eigenvalue weighted by Gasteiger charge is 2.29. The van der Waals surface area contributed by atoms with Crippen molar-refractivity contribution in [1.29, 1.82) is 0 Å². The Labute approximate surface area is 113 Å². The van der Waals surface area contributed by atoms with Gasteiger partial charge in [0.15, 0.2) is 5.82 Å². The molecule has 0 unspecified atom stereocenters. The van der Waals surface area contributed by atoms with Gasteiger partial charge >= 0.3 is 0 Å². The van der Waals surface area contributed by atoms with Gasteiger partial charge in [0.05, 0.1) is 12.4 Å². The molecular formula is C14H21FN4. The second kappa shape index (κ2) is 5.82. The van der Waals surface area contributed by atoms with Gasteiger partial charge in [-0.25, -0.2) is 14.4 Å². The number of nitrogens with zero attached hydrogens (tertiary/aromatic N) is 3. The third kappa shape index (κ3) is 3.21. The van der Waals surface area contributed by atoms with Crippen LogP contribution in [0, 0.1) is 11.7 Å². The van der Waals surface area contributed by atoms with Gasteiger partial charge in [0.25, 0.3) is 0 Å². The molecule has 4 nitrogen and oxygen atoms in total. The lowest BCUT2D eigenvalue weighted by Gasteiger charge is -2.23. The van der Waals surface area contributed by atoms with Crippen LogP contribution >= 0.6 is 0 Å². The molecule has 0 radical (unpaired) electrons. The van der Waals surface area contributed by atoms with Crippen LogP contribution in [0.2, 0.25) is 0 Å². The molecule has 0 aromatic carbocycles. The molecule has 1 aliphatic heterocycles. The molecule has 104 valence electrons. The van der Waals surface area contributed by atoms with Crippen LogP contribution in [0.1, 0.15) is 32.1 Å². The molecule has 3 rings (SSSR count). The molecule has 1 aliphatic carbocycles. The topological polar surface area (TPSA) is 41.1 Å². The number of anilines is 1. The number of hydrogen-bond donors (Lipinski definition) is 1. The Hall–Kier alpha value is -1.23. The molecular weight excluding hydrogens is 243 g/mol. The Bertz CT molecular complexity index is 402. The Balaban J connectivity index is 1.45. The predicted molar refractivity (Wildman–Crippen MR) is 72.4 cm³/mol. The number of rotatable bonds is 4. The fraction of sp³-hybridized carbons (Fsp3) is 0.714. The second-order valence-corrected chi connectivity index (χ2v) is 5.69.